The third-order valence-electron chi connectivity index (χ3n) is 2.95. The van der Waals surface area contributed by atoms with Crippen LogP contribution in [0.3, 0.4) is 0 Å². The summed E-state index contributed by atoms with van der Waals surface area (Å²) in [5.41, 5.74) is 3.55. The van der Waals surface area contributed by atoms with E-state index in [2.05, 4.69) is 62.0 Å². The summed E-state index contributed by atoms with van der Waals surface area (Å²) in [6, 6.07) is 10.5. The van der Waals surface area contributed by atoms with Crippen LogP contribution in [0.5, 0.6) is 0 Å². The second kappa shape index (κ2) is 3.74. The Labute approximate surface area is 108 Å². The van der Waals surface area contributed by atoms with Gasteiger partial charge in [-0.25, -0.2) is 0 Å². The highest BCUT2D eigenvalue weighted by atomic mass is 79.9. The third kappa shape index (κ3) is 1.69. The summed E-state index contributed by atoms with van der Waals surface area (Å²) in [5, 5.41) is 4.37. The number of halogens is 1. The van der Waals surface area contributed by atoms with Crippen LogP contribution in [-0.4, -0.2) is 14.2 Å². The minimum absolute atomic E-state index is 1.01. The molecule has 17 heavy (non-hydrogen) atoms. The summed E-state index contributed by atoms with van der Waals surface area (Å²) in [6.07, 6.45) is 2.13. The van der Waals surface area contributed by atoms with E-state index in [1.807, 2.05) is 18.7 Å². The zero-order valence-corrected chi connectivity index (χ0v) is 11.3. The number of rotatable bonds is 1. The molecule has 0 saturated carbocycles. The van der Waals surface area contributed by atoms with Gasteiger partial charge in [0.2, 0.25) is 0 Å². The maximum atomic E-state index is 4.37. The van der Waals surface area contributed by atoms with Crippen molar-refractivity contribution in [1.29, 1.82) is 0 Å². The van der Waals surface area contributed by atoms with Crippen LogP contribution in [-0.2, 0) is 7.05 Å². The molecule has 3 nitrogen and oxygen atoms in total. The fraction of sp³-hybridized carbons (Fsp3) is 0.154. The molecule has 2 aromatic heterocycles. The number of hydrogen-bond acceptors (Lipinski definition) is 1. The summed E-state index contributed by atoms with van der Waals surface area (Å²) in [4.78, 5) is 0. The molecule has 0 amide bonds. The summed E-state index contributed by atoms with van der Waals surface area (Å²) >= 11 is 3.45. The second-order valence-electron chi connectivity index (χ2n) is 4.13. The van der Waals surface area contributed by atoms with E-state index in [0.29, 0.717) is 0 Å². The van der Waals surface area contributed by atoms with Crippen molar-refractivity contribution in [2.45, 2.75) is 6.92 Å². The molecule has 4 heteroatoms. The van der Waals surface area contributed by atoms with Crippen LogP contribution >= 0.6 is 15.9 Å². The Morgan fingerprint density at radius 3 is 2.47 bits per heavy atom. The number of aryl methyl sites for hydroxylation is 2. The number of hydrogen-bond donors (Lipinski definition) is 0. The van der Waals surface area contributed by atoms with Crippen LogP contribution in [0.2, 0.25) is 0 Å². The SMILES string of the molecule is Cc1nn(C)c2cc(-c3ccc(Br)cc3)cn12. The summed E-state index contributed by atoms with van der Waals surface area (Å²) in [7, 11) is 1.97. The lowest BCUT2D eigenvalue weighted by molar-refractivity contribution is 0.782. The summed E-state index contributed by atoms with van der Waals surface area (Å²) in [5.74, 6) is 1.01. The van der Waals surface area contributed by atoms with Gasteiger partial charge in [-0.3, -0.25) is 9.08 Å². The highest BCUT2D eigenvalue weighted by Crippen LogP contribution is 2.24. The monoisotopic (exact) mass is 289 g/mol. The van der Waals surface area contributed by atoms with E-state index >= 15 is 0 Å². The lowest BCUT2D eigenvalue weighted by Crippen LogP contribution is -1.88. The molecule has 3 aromatic rings. The van der Waals surface area contributed by atoms with E-state index in [1.54, 1.807) is 0 Å². The van der Waals surface area contributed by atoms with Gasteiger partial charge >= 0.3 is 0 Å². The number of fused-ring (bicyclic) bond motifs is 1. The molecule has 0 aliphatic carbocycles. The van der Waals surface area contributed by atoms with Crippen molar-refractivity contribution in [3.05, 3.63) is 46.8 Å². The van der Waals surface area contributed by atoms with Gasteiger partial charge in [0, 0.05) is 23.3 Å². The van der Waals surface area contributed by atoms with E-state index in [4.69, 9.17) is 0 Å². The maximum absolute atomic E-state index is 4.37. The largest absolute Gasteiger partial charge is 0.288 e. The molecule has 0 aliphatic heterocycles. The zero-order chi connectivity index (χ0) is 12.0. The van der Waals surface area contributed by atoms with Gasteiger partial charge in [-0.05, 0) is 30.7 Å². The van der Waals surface area contributed by atoms with E-state index in [-0.39, 0.29) is 0 Å². The van der Waals surface area contributed by atoms with Crippen molar-refractivity contribution >= 4 is 21.6 Å². The van der Waals surface area contributed by atoms with Crippen molar-refractivity contribution in [2.75, 3.05) is 0 Å². The third-order valence-corrected chi connectivity index (χ3v) is 3.48. The standard InChI is InChI=1S/C13H12BrN3/c1-9-15-16(2)13-7-11(8-17(9)13)10-3-5-12(14)6-4-10/h3-8H,1-2H3. The molecule has 86 valence electrons. The molecule has 0 fully saturated rings. The fourth-order valence-corrected chi connectivity index (χ4v) is 2.34. The van der Waals surface area contributed by atoms with Crippen LogP contribution in [0.4, 0.5) is 0 Å². The van der Waals surface area contributed by atoms with Gasteiger partial charge in [0.1, 0.15) is 11.5 Å². The Hall–Kier alpha value is -1.55. The van der Waals surface area contributed by atoms with Gasteiger partial charge in [0.05, 0.1) is 0 Å². The fourth-order valence-electron chi connectivity index (χ4n) is 2.08. The first-order chi connectivity index (χ1) is 8.15. The minimum atomic E-state index is 1.01. The Kier molecular flexibility index (Phi) is 2.33. The molecule has 0 bridgehead atoms. The van der Waals surface area contributed by atoms with Gasteiger partial charge in [-0.1, -0.05) is 28.1 Å². The highest BCUT2D eigenvalue weighted by Gasteiger charge is 2.08. The molecule has 3 rings (SSSR count). The van der Waals surface area contributed by atoms with Crippen molar-refractivity contribution in [3.8, 4) is 11.1 Å². The first-order valence-corrected chi connectivity index (χ1v) is 6.22. The lowest BCUT2D eigenvalue weighted by atomic mass is 10.1. The molecule has 0 atom stereocenters. The summed E-state index contributed by atoms with van der Waals surface area (Å²) < 4.78 is 5.11. The van der Waals surface area contributed by atoms with E-state index in [0.717, 1.165) is 15.9 Å². The smallest absolute Gasteiger partial charge is 0.135 e. The number of nitrogens with zero attached hydrogens (tertiary/aromatic N) is 3. The second-order valence-corrected chi connectivity index (χ2v) is 5.05. The average molecular weight is 290 g/mol. The normalized spacial score (nSPS) is 11.2. The van der Waals surface area contributed by atoms with Crippen molar-refractivity contribution in [3.63, 3.8) is 0 Å². The van der Waals surface area contributed by atoms with Crippen molar-refractivity contribution in [2.24, 2.45) is 7.05 Å². The molecule has 1 aromatic carbocycles. The van der Waals surface area contributed by atoms with Crippen LogP contribution in [0.15, 0.2) is 41.0 Å². The van der Waals surface area contributed by atoms with Gasteiger partial charge in [0.15, 0.2) is 0 Å². The predicted molar refractivity (Wildman–Crippen MR) is 72.0 cm³/mol. The topological polar surface area (TPSA) is 22.2 Å². The molecule has 0 aliphatic rings. The average Bonchev–Trinajstić information content (AvgIpc) is 2.83. The van der Waals surface area contributed by atoms with Crippen LogP contribution in [0, 0.1) is 6.92 Å². The van der Waals surface area contributed by atoms with Crippen LogP contribution in [0.1, 0.15) is 5.82 Å². The molecule has 0 radical (unpaired) electrons. The molecule has 0 spiro atoms. The van der Waals surface area contributed by atoms with Crippen molar-refractivity contribution < 1.29 is 0 Å². The van der Waals surface area contributed by atoms with Crippen LogP contribution < -0.4 is 0 Å². The van der Waals surface area contributed by atoms with Gasteiger partial charge in [0.25, 0.3) is 0 Å². The van der Waals surface area contributed by atoms with E-state index < -0.39 is 0 Å². The maximum Gasteiger partial charge on any atom is 0.135 e. The number of benzene rings is 1. The van der Waals surface area contributed by atoms with Gasteiger partial charge in [-0.15, -0.1) is 0 Å². The van der Waals surface area contributed by atoms with Crippen molar-refractivity contribution in [1.82, 2.24) is 14.2 Å². The Morgan fingerprint density at radius 1 is 1.12 bits per heavy atom. The van der Waals surface area contributed by atoms with Crippen LogP contribution in [0.25, 0.3) is 16.8 Å². The predicted octanol–water partition coefficient (Wildman–Crippen LogP) is 3.41. The molecule has 0 saturated heterocycles. The Balaban J connectivity index is 2.18. The Morgan fingerprint density at radius 2 is 1.82 bits per heavy atom. The molecule has 2 heterocycles. The van der Waals surface area contributed by atoms with Gasteiger partial charge < -0.3 is 0 Å². The van der Waals surface area contributed by atoms with Gasteiger partial charge in [-0.2, -0.15) is 5.10 Å². The molecular formula is C13H12BrN3. The lowest BCUT2D eigenvalue weighted by Gasteiger charge is -1.97. The summed E-state index contributed by atoms with van der Waals surface area (Å²) in [6.45, 7) is 2.01. The van der Waals surface area contributed by atoms with E-state index in [1.165, 1.54) is 11.1 Å². The highest BCUT2D eigenvalue weighted by molar-refractivity contribution is 9.10. The van der Waals surface area contributed by atoms with E-state index in [9.17, 15) is 0 Å². The zero-order valence-electron chi connectivity index (χ0n) is 9.68. The molecule has 0 unspecified atom stereocenters. The Bertz CT molecular complexity index is 642. The number of aromatic nitrogens is 3. The molecule has 0 N–H and O–H groups in total. The molecular weight excluding hydrogens is 278 g/mol. The quantitative estimate of drug-likeness (QED) is 0.673. The minimum Gasteiger partial charge on any atom is -0.288 e. The first-order valence-electron chi connectivity index (χ1n) is 5.43. The first kappa shape index (κ1) is 10.6.